The predicted octanol–water partition coefficient (Wildman–Crippen LogP) is 0.727. The van der Waals surface area contributed by atoms with Crippen LogP contribution < -0.4 is 5.73 Å². The van der Waals surface area contributed by atoms with Crippen molar-refractivity contribution in [2.45, 2.75) is 13.3 Å². The molecule has 0 aromatic carbocycles. The van der Waals surface area contributed by atoms with E-state index in [0.29, 0.717) is 19.3 Å². The molecule has 0 heterocycles. The largest absolute Gasteiger partial charge is 0.373 e. The van der Waals surface area contributed by atoms with Crippen LogP contribution in [0.25, 0.3) is 0 Å². The Labute approximate surface area is 102 Å². The number of likely N-dealkylation sites (N-methyl/N-ethyl adjacent to an activating group) is 1. The van der Waals surface area contributed by atoms with Crippen molar-refractivity contribution in [3.05, 3.63) is 24.0 Å². The van der Waals surface area contributed by atoms with Gasteiger partial charge in [0.05, 0.1) is 11.6 Å². The molecule has 5 heteroatoms. The number of carbonyl (C=O) groups is 2. The summed E-state index contributed by atoms with van der Waals surface area (Å²) in [5, 5.41) is 0. The van der Waals surface area contributed by atoms with E-state index >= 15 is 0 Å². The van der Waals surface area contributed by atoms with Crippen molar-refractivity contribution in [2.75, 3.05) is 13.6 Å². The van der Waals surface area contributed by atoms with Gasteiger partial charge in [0.15, 0.2) is 0 Å². The molecule has 0 aromatic rings. The van der Waals surface area contributed by atoms with Crippen LogP contribution >= 0.6 is 0 Å². The minimum atomic E-state index is -0.735. The average Bonchev–Trinajstić information content (AvgIpc) is 2.28. The Bertz CT molecular complexity index is 335. The van der Waals surface area contributed by atoms with Crippen LogP contribution in [0.15, 0.2) is 29.0 Å². The number of aldehydes is 1. The molecule has 0 aliphatic carbocycles. The zero-order valence-corrected chi connectivity index (χ0v) is 10.3. The number of primary amides is 1. The van der Waals surface area contributed by atoms with Gasteiger partial charge in [-0.1, -0.05) is 6.08 Å². The Morgan fingerprint density at radius 3 is 2.65 bits per heavy atom. The molecule has 17 heavy (non-hydrogen) atoms. The van der Waals surface area contributed by atoms with Gasteiger partial charge in [-0.25, -0.2) is 0 Å². The van der Waals surface area contributed by atoms with Crippen molar-refractivity contribution in [3.63, 3.8) is 0 Å². The third-order valence-corrected chi connectivity index (χ3v) is 2.31. The van der Waals surface area contributed by atoms with E-state index < -0.39 is 11.8 Å². The molecule has 0 radical (unpaired) electrons. The van der Waals surface area contributed by atoms with E-state index in [1.54, 1.807) is 6.20 Å². The summed E-state index contributed by atoms with van der Waals surface area (Å²) in [6, 6.07) is 0. The number of aliphatic imine (C=N–C) groups is 1. The smallest absolute Gasteiger partial charge is 0.227 e. The third-order valence-electron chi connectivity index (χ3n) is 2.31. The maximum atomic E-state index is 10.9. The van der Waals surface area contributed by atoms with Crippen LogP contribution in [0.2, 0.25) is 0 Å². The summed E-state index contributed by atoms with van der Waals surface area (Å²) in [4.78, 5) is 27.1. The summed E-state index contributed by atoms with van der Waals surface area (Å²) >= 11 is 0. The lowest BCUT2D eigenvalue weighted by molar-refractivity contribution is -0.126. The van der Waals surface area contributed by atoms with Crippen LogP contribution in [0.4, 0.5) is 0 Å². The Morgan fingerprint density at radius 1 is 1.59 bits per heavy atom. The highest BCUT2D eigenvalue weighted by Crippen LogP contribution is 2.08. The Balaban J connectivity index is 4.46. The molecule has 5 nitrogen and oxygen atoms in total. The molecule has 0 bridgehead atoms. The second kappa shape index (κ2) is 8.27. The number of nitrogens with two attached hydrogens (primary N) is 1. The summed E-state index contributed by atoms with van der Waals surface area (Å²) < 4.78 is 0. The molecule has 1 atom stereocenters. The maximum Gasteiger partial charge on any atom is 0.227 e. The fourth-order valence-corrected chi connectivity index (χ4v) is 1.27. The molecule has 0 saturated carbocycles. The molecule has 0 rings (SSSR count). The van der Waals surface area contributed by atoms with Crippen molar-refractivity contribution in [3.8, 4) is 0 Å². The topological polar surface area (TPSA) is 75.8 Å². The van der Waals surface area contributed by atoms with Crippen molar-refractivity contribution in [1.29, 1.82) is 0 Å². The van der Waals surface area contributed by atoms with E-state index in [1.807, 2.05) is 31.0 Å². The van der Waals surface area contributed by atoms with Crippen LogP contribution in [0.3, 0.4) is 0 Å². The minimum absolute atomic E-state index is 0.390. The predicted molar refractivity (Wildman–Crippen MR) is 68.4 cm³/mol. The molecule has 0 aliphatic heterocycles. The van der Waals surface area contributed by atoms with Crippen molar-refractivity contribution < 1.29 is 9.59 Å². The molecule has 0 saturated heterocycles. The maximum absolute atomic E-state index is 10.9. The van der Waals surface area contributed by atoms with Gasteiger partial charge in [0, 0.05) is 19.8 Å². The molecule has 0 aromatic heterocycles. The lowest BCUT2D eigenvalue weighted by atomic mass is 10.1. The number of nitrogens with zero attached hydrogens (tertiary/aromatic N) is 2. The van der Waals surface area contributed by atoms with Gasteiger partial charge < -0.3 is 15.4 Å². The average molecular weight is 237 g/mol. The minimum Gasteiger partial charge on any atom is -0.373 e. The van der Waals surface area contributed by atoms with E-state index in [9.17, 15) is 9.59 Å². The summed E-state index contributed by atoms with van der Waals surface area (Å²) in [5.41, 5.74) is 5.94. The monoisotopic (exact) mass is 237 g/mol. The first-order valence-electron chi connectivity index (χ1n) is 5.31. The van der Waals surface area contributed by atoms with Gasteiger partial charge >= 0.3 is 0 Å². The number of carbonyl (C=O) groups excluding carboxylic acids is 2. The molecule has 94 valence electrons. The van der Waals surface area contributed by atoms with E-state index in [1.165, 1.54) is 0 Å². The van der Waals surface area contributed by atoms with Gasteiger partial charge in [-0.05, 0) is 26.1 Å². The molecule has 0 spiro atoms. The SMILES string of the molecule is C=N/C=C(\C=C/C)N(C)CCC(C=O)C(N)=O. The van der Waals surface area contributed by atoms with Gasteiger partial charge in [-0.2, -0.15) is 0 Å². The van der Waals surface area contributed by atoms with Crippen LogP contribution in [0.5, 0.6) is 0 Å². The molecule has 0 fully saturated rings. The second-order valence-corrected chi connectivity index (χ2v) is 3.59. The van der Waals surface area contributed by atoms with Gasteiger partial charge in [0.2, 0.25) is 5.91 Å². The van der Waals surface area contributed by atoms with Crippen LogP contribution in [-0.2, 0) is 9.59 Å². The van der Waals surface area contributed by atoms with E-state index in [2.05, 4.69) is 11.7 Å². The molecular formula is C12H19N3O2. The van der Waals surface area contributed by atoms with Crippen LogP contribution in [-0.4, -0.2) is 37.4 Å². The summed E-state index contributed by atoms with van der Waals surface area (Å²) in [7, 11) is 1.85. The standard InChI is InChI=1S/C12H19N3O2/c1-4-5-11(8-14-2)15(3)7-6-10(9-16)12(13)17/h4-5,8-10H,2,6-7H2,1,3H3,(H2,13,17)/b5-4-,11-8+. The second-order valence-electron chi connectivity index (χ2n) is 3.59. The number of hydrogen-bond donors (Lipinski definition) is 1. The van der Waals surface area contributed by atoms with Gasteiger partial charge in [-0.15, -0.1) is 0 Å². The fraction of sp³-hybridized carbons (Fsp3) is 0.417. The number of hydrogen-bond acceptors (Lipinski definition) is 4. The van der Waals surface area contributed by atoms with Crippen molar-refractivity contribution in [2.24, 2.45) is 16.6 Å². The summed E-state index contributed by atoms with van der Waals surface area (Å²) in [6.07, 6.45) is 6.33. The van der Waals surface area contributed by atoms with E-state index in [-0.39, 0.29) is 0 Å². The highest BCUT2D eigenvalue weighted by molar-refractivity contribution is 5.90. The summed E-state index contributed by atoms with van der Waals surface area (Å²) in [6.45, 7) is 5.82. The third kappa shape index (κ3) is 5.65. The van der Waals surface area contributed by atoms with Gasteiger partial charge in [-0.3, -0.25) is 9.79 Å². The quantitative estimate of drug-likeness (QED) is 0.292. The normalized spacial score (nSPS) is 13.4. The highest BCUT2D eigenvalue weighted by atomic mass is 16.2. The molecule has 1 unspecified atom stereocenters. The first-order valence-corrected chi connectivity index (χ1v) is 5.31. The number of rotatable bonds is 8. The molecule has 0 aliphatic rings. The number of amides is 1. The zero-order valence-electron chi connectivity index (χ0n) is 10.3. The van der Waals surface area contributed by atoms with Crippen molar-refractivity contribution in [1.82, 2.24) is 4.90 Å². The molecular weight excluding hydrogens is 218 g/mol. The fourth-order valence-electron chi connectivity index (χ4n) is 1.27. The molecule has 2 N–H and O–H groups in total. The lowest BCUT2D eigenvalue weighted by Crippen LogP contribution is -2.29. The van der Waals surface area contributed by atoms with Gasteiger partial charge in [0.25, 0.3) is 0 Å². The Hall–Kier alpha value is -1.91. The molecule has 1 amide bonds. The Morgan fingerprint density at radius 2 is 2.24 bits per heavy atom. The van der Waals surface area contributed by atoms with E-state index in [4.69, 9.17) is 5.73 Å². The lowest BCUT2D eigenvalue weighted by Gasteiger charge is -2.20. The summed E-state index contributed by atoms with van der Waals surface area (Å²) in [5.74, 6) is -1.33. The first-order chi connectivity index (χ1) is 8.06. The Kier molecular flexibility index (Phi) is 7.34. The first kappa shape index (κ1) is 15.1. The van der Waals surface area contributed by atoms with Crippen LogP contribution in [0.1, 0.15) is 13.3 Å². The zero-order chi connectivity index (χ0) is 13.3. The highest BCUT2D eigenvalue weighted by Gasteiger charge is 2.14. The van der Waals surface area contributed by atoms with Gasteiger partial charge in [0.1, 0.15) is 6.29 Å². The van der Waals surface area contributed by atoms with E-state index in [0.717, 1.165) is 5.70 Å². The van der Waals surface area contributed by atoms with Crippen LogP contribution in [0, 0.1) is 5.92 Å². The van der Waals surface area contributed by atoms with Crippen molar-refractivity contribution >= 4 is 18.9 Å². The number of allylic oxidation sites excluding steroid dienone is 2.